The number of halogens is 1. The molecule has 13 heavy (non-hydrogen) atoms. The van der Waals surface area contributed by atoms with E-state index in [2.05, 4.69) is 21.2 Å². The highest BCUT2D eigenvalue weighted by Crippen LogP contribution is 2.20. The molecule has 0 aliphatic rings. The van der Waals surface area contributed by atoms with Gasteiger partial charge in [-0.15, -0.1) is 0 Å². The van der Waals surface area contributed by atoms with Crippen LogP contribution in [0.2, 0.25) is 0 Å². The van der Waals surface area contributed by atoms with Gasteiger partial charge in [0.15, 0.2) is 0 Å². The van der Waals surface area contributed by atoms with Crippen molar-refractivity contribution in [1.82, 2.24) is 0 Å². The van der Waals surface area contributed by atoms with Crippen LogP contribution in [-0.2, 0) is 4.79 Å². The summed E-state index contributed by atoms with van der Waals surface area (Å²) < 4.78 is 0.875. The molecule has 0 spiro atoms. The van der Waals surface area contributed by atoms with E-state index in [1.54, 1.807) is 0 Å². The first-order valence-electron chi connectivity index (χ1n) is 3.98. The van der Waals surface area contributed by atoms with Crippen LogP contribution in [0.25, 0.3) is 0 Å². The predicted molar refractivity (Wildman–Crippen MR) is 56.4 cm³/mol. The molecule has 0 aliphatic heterocycles. The van der Waals surface area contributed by atoms with Crippen molar-refractivity contribution in [1.29, 1.82) is 0 Å². The molecule has 0 saturated carbocycles. The minimum atomic E-state index is -0.0607. The van der Waals surface area contributed by atoms with Gasteiger partial charge in [0.25, 0.3) is 0 Å². The predicted octanol–water partition coefficient (Wildman–Crippen LogP) is 1.74. The number of hydrogen-bond donors (Lipinski definition) is 2. The average molecular weight is 243 g/mol. The van der Waals surface area contributed by atoms with E-state index in [1.807, 2.05) is 24.3 Å². The summed E-state index contributed by atoms with van der Waals surface area (Å²) in [7, 11) is 0. The third-order valence-electron chi connectivity index (χ3n) is 1.52. The van der Waals surface area contributed by atoms with Gasteiger partial charge in [-0.05, 0) is 28.1 Å². The van der Waals surface area contributed by atoms with Crippen molar-refractivity contribution < 1.29 is 4.79 Å². The van der Waals surface area contributed by atoms with Gasteiger partial charge in [-0.3, -0.25) is 4.79 Å². The van der Waals surface area contributed by atoms with Gasteiger partial charge in [0.1, 0.15) is 0 Å². The smallest absolute Gasteiger partial charge is 0.225 e. The van der Waals surface area contributed by atoms with Crippen LogP contribution in [0.5, 0.6) is 0 Å². The highest BCUT2D eigenvalue weighted by atomic mass is 79.9. The molecule has 0 radical (unpaired) electrons. The molecular formula is C9H11BrN2O. The summed E-state index contributed by atoms with van der Waals surface area (Å²) in [5.74, 6) is -0.0607. The maximum atomic E-state index is 11.2. The van der Waals surface area contributed by atoms with E-state index in [0.29, 0.717) is 13.0 Å². The number of anilines is 1. The van der Waals surface area contributed by atoms with Crippen LogP contribution in [0.1, 0.15) is 6.42 Å². The summed E-state index contributed by atoms with van der Waals surface area (Å²) in [4.78, 5) is 11.2. The van der Waals surface area contributed by atoms with Gasteiger partial charge >= 0.3 is 0 Å². The zero-order chi connectivity index (χ0) is 9.68. The maximum Gasteiger partial charge on any atom is 0.225 e. The van der Waals surface area contributed by atoms with E-state index in [-0.39, 0.29) is 5.91 Å². The first kappa shape index (κ1) is 10.2. The van der Waals surface area contributed by atoms with Gasteiger partial charge in [0.05, 0.1) is 5.69 Å². The molecule has 0 fully saturated rings. The number of rotatable bonds is 3. The second-order valence-electron chi connectivity index (χ2n) is 2.57. The van der Waals surface area contributed by atoms with Crippen LogP contribution in [0.4, 0.5) is 5.69 Å². The van der Waals surface area contributed by atoms with Crippen molar-refractivity contribution in [3.63, 3.8) is 0 Å². The second kappa shape index (κ2) is 4.99. The Bertz CT molecular complexity index is 301. The molecule has 3 N–H and O–H groups in total. The monoisotopic (exact) mass is 242 g/mol. The van der Waals surface area contributed by atoms with Crippen LogP contribution >= 0.6 is 15.9 Å². The fourth-order valence-corrected chi connectivity index (χ4v) is 1.29. The lowest BCUT2D eigenvalue weighted by Crippen LogP contribution is -2.16. The molecule has 1 aromatic rings. The van der Waals surface area contributed by atoms with Gasteiger partial charge in [-0.25, -0.2) is 0 Å². The first-order chi connectivity index (χ1) is 6.24. The minimum absolute atomic E-state index is 0.0607. The van der Waals surface area contributed by atoms with E-state index >= 15 is 0 Å². The largest absolute Gasteiger partial charge is 0.330 e. The zero-order valence-corrected chi connectivity index (χ0v) is 8.67. The fourth-order valence-electron chi connectivity index (χ4n) is 0.906. The molecule has 1 aromatic carbocycles. The van der Waals surface area contributed by atoms with E-state index in [1.165, 1.54) is 0 Å². The van der Waals surface area contributed by atoms with Crippen LogP contribution in [0.3, 0.4) is 0 Å². The Morgan fingerprint density at radius 1 is 1.46 bits per heavy atom. The summed E-state index contributed by atoms with van der Waals surface area (Å²) in [6.45, 7) is 0.371. The summed E-state index contributed by atoms with van der Waals surface area (Å²) in [5, 5.41) is 2.75. The Hall–Kier alpha value is -0.870. The number of hydrogen-bond acceptors (Lipinski definition) is 2. The summed E-state index contributed by atoms with van der Waals surface area (Å²) in [6.07, 6.45) is 0.349. The number of carbonyl (C=O) groups excluding carboxylic acids is 1. The van der Waals surface area contributed by atoms with Crippen molar-refractivity contribution in [2.75, 3.05) is 11.9 Å². The molecule has 0 unspecified atom stereocenters. The molecule has 0 aromatic heterocycles. The Morgan fingerprint density at radius 2 is 2.15 bits per heavy atom. The SMILES string of the molecule is NCCC(=O)Nc1ccccc1Br. The van der Waals surface area contributed by atoms with Crippen LogP contribution in [-0.4, -0.2) is 12.5 Å². The van der Waals surface area contributed by atoms with Crippen molar-refractivity contribution in [3.8, 4) is 0 Å². The van der Waals surface area contributed by atoms with Crippen molar-refractivity contribution >= 4 is 27.5 Å². The van der Waals surface area contributed by atoms with Crippen molar-refractivity contribution in [3.05, 3.63) is 28.7 Å². The third-order valence-corrected chi connectivity index (χ3v) is 2.21. The molecule has 0 saturated heterocycles. The Morgan fingerprint density at radius 3 is 2.77 bits per heavy atom. The van der Waals surface area contributed by atoms with Gasteiger partial charge < -0.3 is 11.1 Å². The number of amides is 1. The summed E-state index contributed by atoms with van der Waals surface area (Å²) in [5.41, 5.74) is 6.03. The Kier molecular flexibility index (Phi) is 3.92. The lowest BCUT2D eigenvalue weighted by atomic mass is 10.3. The van der Waals surface area contributed by atoms with Crippen LogP contribution in [0, 0.1) is 0 Å². The number of carbonyl (C=O) groups is 1. The number of nitrogens with two attached hydrogens (primary N) is 1. The highest BCUT2D eigenvalue weighted by Gasteiger charge is 2.02. The maximum absolute atomic E-state index is 11.2. The molecule has 1 amide bonds. The van der Waals surface area contributed by atoms with Crippen LogP contribution < -0.4 is 11.1 Å². The first-order valence-corrected chi connectivity index (χ1v) is 4.78. The number of para-hydroxylation sites is 1. The minimum Gasteiger partial charge on any atom is -0.330 e. The van der Waals surface area contributed by atoms with Gasteiger partial charge in [-0.2, -0.15) is 0 Å². The molecule has 0 bridgehead atoms. The summed E-state index contributed by atoms with van der Waals surface area (Å²) in [6, 6.07) is 7.46. The molecule has 0 atom stereocenters. The molecule has 3 nitrogen and oxygen atoms in total. The van der Waals surface area contributed by atoms with E-state index in [9.17, 15) is 4.79 Å². The molecule has 1 rings (SSSR count). The zero-order valence-electron chi connectivity index (χ0n) is 7.09. The average Bonchev–Trinajstić information content (AvgIpc) is 2.09. The second-order valence-corrected chi connectivity index (χ2v) is 3.42. The third kappa shape index (κ3) is 3.16. The Balaban J connectivity index is 2.63. The fraction of sp³-hybridized carbons (Fsp3) is 0.222. The quantitative estimate of drug-likeness (QED) is 0.849. The van der Waals surface area contributed by atoms with Gasteiger partial charge in [0.2, 0.25) is 5.91 Å². The van der Waals surface area contributed by atoms with Crippen molar-refractivity contribution in [2.24, 2.45) is 5.73 Å². The van der Waals surface area contributed by atoms with Crippen molar-refractivity contribution in [2.45, 2.75) is 6.42 Å². The molecule has 70 valence electrons. The lowest BCUT2D eigenvalue weighted by molar-refractivity contribution is -0.116. The number of nitrogens with one attached hydrogen (secondary N) is 1. The standard InChI is InChI=1S/C9H11BrN2O/c10-7-3-1-2-4-8(7)12-9(13)5-6-11/h1-4H,5-6,11H2,(H,12,13). The normalized spacial score (nSPS) is 9.69. The molecule has 0 heterocycles. The molecule has 4 heteroatoms. The van der Waals surface area contributed by atoms with Crippen LogP contribution in [0.15, 0.2) is 28.7 Å². The molecule has 0 aliphatic carbocycles. The summed E-state index contributed by atoms with van der Waals surface area (Å²) >= 11 is 3.33. The van der Waals surface area contributed by atoms with Gasteiger partial charge in [-0.1, -0.05) is 12.1 Å². The van der Waals surface area contributed by atoms with E-state index < -0.39 is 0 Å². The topological polar surface area (TPSA) is 55.1 Å². The Labute approximate surface area is 85.4 Å². The highest BCUT2D eigenvalue weighted by molar-refractivity contribution is 9.10. The number of benzene rings is 1. The van der Waals surface area contributed by atoms with Gasteiger partial charge in [0, 0.05) is 17.4 Å². The van der Waals surface area contributed by atoms with E-state index in [4.69, 9.17) is 5.73 Å². The molecular weight excluding hydrogens is 232 g/mol. The van der Waals surface area contributed by atoms with E-state index in [0.717, 1.165) is 10.2 Å². The lowest BCUT2D eigenvalue weighted by Gasteiger charge is -2.05.